The number of aromatic nitrogens is 4. The van der Waals surface area contributed by atoms with Crippen LogP contribution in [0.3, 0.4) is 0 Å². The van der Waals surface area contributed by atoms with Gasteiger partial charge in [0.2, 0.25) is 0 Å². The molecule has 1 aliphatic rings. The summed E-state index contributed by atoms with van der Waals surface area (Å²) in [5, 5.41) is 7.37. The second kappa shape index (κ2) is 11.3. The van der Waals surface area contributed by atoms with Crippen LogP contribution in [0.4, 0.5) is 0 Å². The van der Waals surface area contributed by atoms with Crippen LogP contribution in [0, 0.1) is 32.6 Å². The van der Waals surface area contributed by atoms with Gasteiger partial charge in [-0.1, -0.05) is 43.7 Å². The molecule has 0 saturated heterocycles. The molecule has 0 N–H and O–H groups in total. The minimum absolute atomic E-state index is 0.396. The summed E-state index contributed by atoms with van der Waals surface area (Å²) in [6, 6.07) is 24.9. The van der Waals surface area contributed by atoms with E-state index in [4.69, 9.17) is 19.6 Å². The molecule has 3 aromatic heterocycles. The molecular weight excluding hydrogens is 556 g/mol. The Bertz CT molecular complexity index is 2100. The number of hydrogen-bond acceptors (Lipinski definition) is 4. The quantitative estimate of drug-likeness (QED) is 0.180. The van der Waals surface area contributed by atoms with Crippen molar-refractivity contribution in [2.24, 2.45) is 11.8 Å². The van der Waals surface area contributed by atoms with E-state index in [-0.39, 0.29) is 0 Å². The lowest BCUT2D eigenvalue weighted by molar-refractivity contribution is 0.390. The first kappa shape index (κ1) is 28.9. The molecule has 6 heteroatoms. The van der Waals surface area contributed by atoms with Crippen LogP contribution in [0.5, 0.6) is 17.2 Å². The van der Waals surface area contributed by atoms with Gasteiger partial charge in [0.15, 0.2) is 0 Å². The molecule has 0 bridgehead atoms. The molecule has 0 radical (unpaired) electrons. The number of para-hydroxylation sites is 1. The summed E-state index contributed by atoms with van der Waals surface area (Å²) in [6.45, 7) is 13.4. The Kier molecular flexibility index (Phi) is 7.23. The van der Waals surface area contributed by atoms with E-state index in [1.165, 1.54) is 23.3 Å². The monoisotopic (exact) mass is 596 g/mol. The molecule has 7 rings (SSSR count). The van der Waals surface area contributed by atoms with Crippen molar-refractivity contribution in [2.75, 3.05) is 7.11 Å². The van der Waals surface area contributed by atoms with Gasteiger partial charge in [0, 0.05) is 52.3 Å². The lowest BCUT2D eigenvalue weighted by Crippen LogP contribution is -2.20. The molecule has 6 nitrogen and oxygen atoms in total. The number of hydrogen-bond donors (Lipinski definition) is 0. The second-order valence-corrected chi connectivity index (χ2v) is 12.8. The third kappa shape index (κ3) is 5.08. The van der Waals surface area contributed by atoms with E-state index in [0.29, 0.717) is 17.8 Å². The van der Waals surface area contributed by atoms with Crippen molar-refractivity contribution in [3.63, 3.8) is 0 Å². The van der Waals surface area contributed by atoms with Gasteiger partial charge in [-0.2, -0.15) is 5.10 Å². The minimum atomic E-state index is 0.396. The first-order chi connectivity index (χ1) is 21.7. The first-order valence-electron chi connectivity index (χ1n) is 15.8. The predicted octanol–water partition coefficient (Wildman–Crippen LogP) is 9.80. The van der Waals surface area contributed by atoms with Gasteiger partial charge in [-0.15, -0.1) is 0 Å². The molecule has 1 aliphatic carbocycles. The Hall–Kier alpha value is -4.84. The standard InChI is InChI=1S/C39H40N4O2/c1-23-16-25(3)38(26(4)17-23)39-27(5)41-43(28(39)6)29-18-24(2)19-32(20-29)45-31-12-13-34-33-10-8-9-11-35(33)42(36(34)21-31)37-22-30(44-7)14-15-40-37/h8-16,18-23,26,38H,17H2,1-7H3/t23?,26-,38+/m0/s1. The van der Waals surface area contributed by atoms with Crippen LogP contribution in [0.1, 0.15) is 55.6 Å². The number of fused-ring (bicyclic) bond motifs is 3. The van der Waals surface area contributed by atoms with Crippen molar-refractivity contribution < 1.29 is 9.47 Å². The first-order valence-corrected chi connectivity index (χ1v) is 15.8. The van der Waals surface area contributed by atoms with Crippen molar-refractivity contribution in [1.82, 2.24) is 19.3 Å². The summed E-state index contributed by atoms with van der Waals surface area (Å²) in [4.78, 5) is 4.69. The summed E-state index contributed by atoms with van der Waals surface area (Å²) in [7, 11) is 1.68. The van der Waals surface area contributed by atoms with Crippen molar-refractivity contribution in [2.45, 2.75) is 53.9 Å². The third-order valence-electron chi connectivity index (χ3n) is 9.35. The molecular formula is C39H40N4O2. The number of methoxy groups -OCH3 is 1. The fourth-order valence-corrected chi connectivity index (χ4v) is 7.62. The minimum Gasteiger partial charge on any atom is -0.497 e. The Labute approximate surface area is 264 Å². The third-order valence-corrected chi connectivity index (χ3v) is 9.35. The fourth-order valence-electron chi connectivity index (χ4n) is 7.62. The van der Waals surface area contributed by atoms with E-state index >= 15 is 0 Å². The molecule has 0 spiro atoms. The molecule has 0 fully saturated rings. The number of ether oxygens (including phenoxy) is 2. The van der Waals surface area contributed by atoms with E-state index < -0.39 is 0 Å². The molecule has 45 heavy (non-hydrogen) atoms. The zero-order chi connectivity index (χ0) is 31.4. The SMILES string of the molecule is COc1ccnc(-n2c3ccccc3c3ccc(Oc4cc(C)cc(-n5nc(C)c([C@@H]6C(C)=CC(C)C[C@@H]6C)c5C)c4)cc32)c1. The van der Waals surface area contributed by atoms with E-state index in [0.717, 1.165) is 61.8 Å². The van der Waals surface area contributed by atoms with E-state index in [2.05, 4.69) is 111 Å². The van der Waals surface area contributed by atoms with Crippen LogP contribution in [-0.2, 0) is 0 Å². The summed E-state index contributed by atoms with van der Waals surface area (Å²) in [5.74, 6) is 4.68. The summed E-state index contributed by atoms with van der Waals surface area (Å²) < 4.78 is 16.4. The number of benzene rings is 3. The van der Waals surface area contributed by atoms with Gasteiger partial charge in [-0.3, -0.25) is 4.57 Å². The lowest BCUT2D eigenvalue weighted by atomic mass is 9.72. The van der Waals surface area contributed by atoms with Gasteiger partial charge in [0.05, 0.1) is 29.5 Å². The predicted molar refractivity (Wildman–Crippen MR) is 182 cm³/mol. The molecule has 0 aliphatic heterocycles. The zero-order valence-electron chi connectivity index (χ0n) is 27.1. The van der Waals surface area contributed by atoms with Crippen LogP contribution < -0.4 is 9.47 Å². The largest absolute Gasteiger partial charge is 0.497 e. The molecule has 3 atom stereocenters. The van der Waals surface area contributed by atoms with Crippen LogP contribution in [0.25, 0.3) is 33.3 Å². The van der Waals surface area contributed by atoms with E-state index in [1.54, 1.807) is 13.3 Å². The number of allylic oxidation sites excluding steroid dienone is 2. The number of rotatable bonds is 6. The van der Waals surface area contributed by atoms with Crippen LogP contribution in [0.15, 0.2) is 90.6 Å². The van der Waals surface area contributed by atoms with Crippen molar-refractivity contribution >= 4 is 21.8 Å². The zero-order valence-corrected chi connectivity index (χ0v) is 27.1. The van der Waals surface area contributed by atoms with E-state index in [9.17, 15) is 0 Å². The van der Waals surface area contributed by atoms with Crippen molar-refractivity contribution in [3.8, 4) is 28.8 Å². The van der Waals surface area contributed by atoms with Gasteiger partial charge >= 0.3 is 0 Å². The highest BCUT2D eigenvalue weighted by molar-refractivity contribution is 6.09. The van der Waals surface area contributed by atoms with Gasteiger partial charge in [-0.05, 0) is 87.9 Å². The molecule has 3 aromatic carbocycles. The topological polar surface area (TPSA) is 54.1 Å². The Morgan fingerprint density at radius 2 is 1.60 bits per heavy atom. The number of nitrogens with zero attached hydrogens (tertiary/aromatic N) is 4. The molecule has 1 unspecified atom stereocenters. The summed E-state index contributed by atoms with van der Waals surface area (Å²) in [5.41, 5.74) is 9.32. The van der Waals surface area contributed by atoms with Gasteiger partial charge in [0.1, 0.15) is 23.1 Å². The normalized spacial score (nSPS) is 18.4. The average Bonchev–Trinajstić information content (AvgIpc) is 3.49. The van der Waals surface area contributed by atoms with Gasteiger partial charge < -0.3 is 9.47 Å². The van der Waals surface area contributed by atoms with Crippen LogP contribution in [-0.4, -0.2) is 26.4 Å². The maximum atomic E-state index is 6.59. The molecule has 6 aromatic rings. The Balaban J connectivity index is 1.28. The highest BCUT2D eigenvalue weighted by atomic mass is 16.5. The summed E-state index contributed by atoms with van der Waals surface area (Å²) in [6.07, 6.45) is 5.42. The van der Waals surface area contributed by atoms with Gasteiger partial charge in [-0.25, -0.2) is 9.67 Å². The maximum absolute atomic E-state index is 6.59. The van der Waals surface area contributed by atoms with Gasteiger partial charge in [0.25, 0.3) is 0 Å². The van der Waals surface area contributed by atoms with Crippen LogP contribution >= 0.6 is 0 Å². The Morgan fingerprint density at radius 1 is 0.800 bits per heavy atom. The second-order valence-electron chi connectivity index (χ2n) is 12.8. The fraction of sp³-hybridized carbons (Fsp3) is 0.282. The molecule has 3 heterocycles. The number of aryl methyl sites for hydroxylation is 2. The lowest BCUT2D eigenvalue weighted by Gasteiger charge is -2.32. The van der Waals surface area contributed by atoms with Crippen molar-refractivity contribution in [1.29, 1.82) is 0 Å². The smallest absolute Gasteiger partial charge is 0.141 e. The van der Waals surface area contributed by atoms with Crippen LogP contribution in [0.2, 0.25) is 0 Å². The number of pyridine rings is 1. The van der Waals surface area contributed by atoms with Crippen molar-refractivity contribution in [3.05, 3.63) is 113 Å². The molecule has 228 valence electrons. The Morgan fingerprint density at radius 3 is 2.40 bits per heavy atom. The highest BCUT2D eigenvalue weighted by Crippen LogP contribution is 2.43. The molecule has 0 saturated carbocycles. The average molecular weight is 597 g/mol. The highest BCUT2D eigenvalue weighted by Gasteiger charge is 2.31. The maximum Gasteiger partial charge on any atom is 0.141 e. The summed E-state index contributed by atoms with van der Waals surface area (Å²) >= 11 is 0. The molecule has 0 amide bonds. The van der Waals surface area contributed by atoms with E-state index in [1.807, 2.05) is 18.2 Å².